The van der Waals surface area contributed by atoms with Crippen LogP contribution >= 0.6 is 23.1 Å². The van der Waals surface area contributed by atoms with Crippen LogP contribution in [0.1, 0.15) is 28.3 Å². The van der Waals surface area contributed by atoms with Crippen LogP contribution in [-0.2, 0) is 15.3 Å². The maximum absolute atomic E-state index is 14.5. The van der Waals surface area contributed by atoms with E-state index >= 15 is 0 Å². The standard InChI is InChI=1S/C34H26FN3O4S2/c1-3-17-42-25-15-13-22(14-16-25)29-28(30(39)23-12-11-20(2)27(35)18-23)31(40)32(41)38(29)33-36-37-34(44-33)43-19-24-9-6-8-21-7-4-5-10-26(21)24/h3-16,18,29,39H,1,17,19H2,2H3. The highest BCUT2D eigenvalue weighted by atomic mass is 32.2. The molecule has 1 unspecified atom stereocenters. The summed E-state index contributed by atoms with van der Waals surface area (Å²) < 4.78 is 20.7. The molecule has 1 aliphatic heterocycles. The second-order valence-electron chi connectivity index (χ2n) is 10.1. The number of halogens is 1. The predicted octanol–water partition coefficient (Wildman–Crippen LogP) is 7.62. The number of nitrogens with zero attached hydrogens (tertiary/aromatic N) is 3. The Balaban J connectivity index is 1.37. The summed E-state index contributed by atoms with van der Waals surface area (Å²) in [4.78, 5) is 28.3. The van der Waals surface area contributed by atoms with Crippen LogP contribution in [0.2, 0.25) is 0 Å². The van der Waals surface area contributed by atoms with Gasteiger partial charge in [0.1, 0.15) is 23.9 Å². The van der Waals surface area contributed by atoms with Crippen molar-refractivity contribution in [3.05, 3.63) is 131 Å². The monoisotopic (exact) mass is 623 g/mol. The number of carbonyl (C=O) groups excluding carboxylic acids is 2. The zero-order chi connectivity index (χ0) is 30.8. The minimum atomic E-state index is -1.03. The lowest BCUT2D eigenvalue weighted by atomic mass is 9.95. The van der Waals surface area contributed by atoms with Crippen LogP contribution in [0.15, 0.2) is 107 Å². The molecule has 1 aliphatic rings. The third-order valence-electron chi connectivity index (χ3n) is 7.29. The van der Waals surface area contributed by atoms with Crippen molar-refractivity contribution < 1.29 is 23.8 Å². The van der Waals surface area contributed by atoms with Gasteiger partial charge in [0, 0.05) is 11.3 Å². The number of hydrogen-bond donors (Lipinski definition) is 1. The molecule has 1 amide bonds. The maximum atomic E-state index is 14.5. The Morgan fingerprint density at radius 1 is 1.07 bits per heavy atom. The molecule has 4 aromatic carbocycles. The smallest absolute Gasteiger partial charge is 0.301 e. The molecular weight excluding hydrogens is 598 g/mol. The third-order valence-corrected chi connectivity index (χ3v) is 9.39. The highest BCUT2D eigenvalue weighted by molar-refractivity contribution is 8.00. The number of fused-ring (bicyclic) bond motifs is 1. The van der Waals surface area contributed by atoms with Crippen molar-refractivity contribution in [2.24, 2.45) is 0 Å². The number of Topliss-reactive ketones (excluding diaryl/α,β-unsaturated/α-hetero) is 1. The van der Waals surface area contributed by atoms with Gasteiger partial charge in [0.25, 0.3) is 5.78 Å². The summed E-state index contributed by atoms with van der Waals surface area (Å²) in [6.45, 7) is 5.55. The van der Waals surface area contributed by atoms with Crippen molar-refractivity contribution >= 4 is 56.5 Å². The third kappa shape index (κ3) is 5.61. The minimum absolute atomic E-state index is 0.0885. The second-order valence-corrected chi connectivity index (χ2v) is 12.3. The van der Waals surface area contributed by atoms with Gasteiger partial charge in [0.2, 0.25) is 5.13 Å². The Morgan fingerprint density at radius 3 is 2.61 bits per heavy atom. The predicted molar refractivity (Wildman–Crippen MR) is 171 cm³/mol. The quantitative estimate of drug-likeness (QED) is 0.0451. The van der Waals surface area contributed by atoms with Crippen LogP contribution in [0, 0.1) is 12.7 Å². The van der Waals surface area contributed by atoms with Crippen molar-refractivity contribution in [2.75, 3.05) is 11.5 Å². The second kappa shape index (κ2) is 12.4. The number of ether oxygens (including phenoxy) is 1. The number of rotatable bonds is 9. The zero-order valence-electron chi connectivity index (χ0n) is 23.6. The summed E-state index contributed by atoms with van der Waals surface area (Å²) >= 11 is 2.66. The number of benzene rings is 4. The average molecular weight is 624 g/mol. The number of aliphatic hydroxyl groups is 1. The molecule has 0 spiro atoms. The number of carbonyl (C=O) groups is 2. The van der Waals surface area contributed by atoms with Gasteiger partial charge in [-0.1, -0.05) is 102 Å². The van der Waals surface area contributed by atoms with Crippen LogP contribution in [0.4, 0.5) is 9.52 Å². The number of hydrogen-bond acceptors (Lipinski definition) is 8. The number of aryl methyl sites for hydroxylation is 1. The molecular formula is C34H26FN3O4S2. The van der Waals surface area contributed by atoms with Crippen LogP contribution in [0.25, 0.3) is 16.5 Å². The topological polar surface area (TPSA) is 92.6 Å². The zero-order valence-corrected chi connectivity index (χ0v) is 25.2. The molecule has 0 bridgehead atoms. The Hall–Kier alpha value is -4.80. The molecule has 220 valence electrons. The molecule has 1 N–H and O–H groups in total. The average Bonchev–Trinajstić information content (AvgIpc) is 3.61. The van der Waals surface area contributed by atoms with Gasteiger partial charge >= 0.3 is 5.91 Å². The van der Waals surface area contributed by atoms with E-state index < -0.39 is 29.3 Å². The van der Waals surface area contributed by atoms with E-state index in [-0.39, 0.29) is 16.3 Å². The molecule has 44 heavy (non-hydrogen) atoms. The van der Waals surface area contributed by atoms with E-state index in [0.717, 1.165) is 22.4 Å². The van der Waals surface area contributed by atoms with Gasteiger partial charge in [-0.3, -0.25) is 14.5 Å². The lowest BCUT2D eigenvalue weighted by Crippen LogP contribution is -2.29. The largest absolute Gasteiger partial charge is 0.507 e. The van der Waals surface area contributed by atoms with E-state index in [1.165, 1.54) is 40.1 Å². The first-order valence-electron chi connectivity index (χ1n) is 13.7. The normalized spacial score (nSPS) is 16.0. The van der Waals surface area contributed by atoms with Crippen LogP contribution in [0.3, 0.4) is 0 Å². The Kier molecular flexibility index (Phi) is 8.28. The number of aromatic nitrogens is 2. The Labute approximate surface area is 261 Å². The molecule has 1 saturated heterocycles. The van der Waals surface area contributed by atoms with E-state index in [1.54, 1.807) is 37.3 Å². The van der Waals surface area contributed by atoms with E-state index in [4.69, 9.17) is 4.74 Å². The van der Waals surface area contributed by atoms with Gasteiger partial charge in [-0.05, 0) is 52.6 Å². The highest BCUT2D eigenvalue weighted by Crippen LogP contribution is 2.44. The Morgan fingerprint density at radius 2 is 1.84 bits per heavy atom. The molecule has 0 radical (unpaired) electrons. The fourth-order valence-electron chi connectivity index (χ4n) is 5.06. The summed E-state index contributed by atoms with van der Waals surface area (Å²) in [6, 6.07) is 24.2. The lowest BCUT2D eigenvalue weighted by molar-refractivity contribution is -0.132. The molecule has 7 nitrogen and oxygen atoms in total. The van der Waals surface area contributed by atoms with Gasteiger partial charge in [-0.15, -0.1) is 10.2 Å². The van der Waals surface area contributed by atoms with Crippen LogP contribution in [-0.4, -0.2) is 33.6 Å². The SMILES string of the molecule is C=CCOc1ccc(C2C(=C(O)c3ccc(C)c(F)c3)C(=O)C(=O)N2c2nnc(SCc3cccc4ccccc34)s2)cc1. The van der Waals surface area contributed by atoms with Gasteiger partial charge in [-0.2, -0.15) is 0 Å². The number of ketones is 1. The van der Waals surface area contributed by atoms with Crippen molar-refractivity contribution in [3.8, 4) is 5.75 Å². The van der Waals surface area contributed by atoms with Crippen LogP contribution in [0.5, 0.6) is 5.75 Å². The molecule has 0 aliphatic carbocycles. The first-order chi connectivity index (χ1) is 21.4. The maximum Gasteiger partial charge on any atom is 0.301 e. The summed E-state index contributed by atoms with van der Waals surface area (Å²) in [7, 11) is 0. The van der Waals surface area contributed by atoms with Crippen molar-refractivity contribution in [1.29, 1.82) is 0 Å². The molecule has 1 atom stereocenters. The van der Waals surface area contributed by atoms with E-state index in [1.807, 2.05) is 18.2 Å². The number of anilines is 1. The first-order valence-corrected chi connectivity index (χ1v) is 15.5. The molecule has 5 aromatic rings. The summed E-state index contributed by atoms with van der Waals surface area (Å²) in [5, 5.41) is 22.4. The molecule has 2 heterocycles. The van der Waals surface area contributed by atoms with E-state index in [9.17, 15) is 19.1 Å². The van der Waals surface area contributed by atoms with Crippen molar-refractivity contribution in [2.45, 2.75) is 23.1 Å². The van der Waals surface area contributed by atoms with Gasteiger partial charge in [0.15, 0.2) is 4.34 Å². The number of amides is 1. The molecule has 1 fully saturated rings. The number of aliphatic hydroxyl groups excluding tert-OH is 1. The van der Waals surface area contributed by atoms with Gasteiger partial charge < -0.3 is 9.84 Å². The fourth-order valence-corrected chi connectivity index (χ4v) is 6.93. The summed E-state index contributed by atoms with van der Waals surface area (Å²) in [5.41, 5.74) is 1.97. The summed E-state index contributed by atoms with van der Waals surface area (Å²) in [5.74, 6) is -1.59. The molecule has 10 heteroatoms. The summed E-state index contributed by atoms with van der Waals surface area (Å²) in [6.07, 6.45) is 1.62. The first kappa shape index (κ1) is 29.3. The van der Waals surface area contributed by atoms with Crippen LogP contribution < -0.4 is 9.64 Å². The van der Waals surface area contributed by atoms with Crippen molar-refractivity contribution in [3.63, 3.8) is 0 Å². The lowest BCUT2D eigenvalue weighted by Gasteiger charge is -2.22. The fraction of sp³-hybridized carbons (Fsp3) is 0.118. The van der Waals surface area contributed by atoms with E-state index in [2.05, 4.69) is 41.0 Å². The Bertz CT molecular complexity index is 1930. The van der Waals surface area contributed by atoms with Crippen molar-refractivity contribution in [1.82, 2.24) is 10.2 Å². The molecule has 6 rings (SSSR count). The highest BCUT2D eigenvalue weighted by Gasteiger charge is 2.48. The minimum Gasteiger partial charge on any atom is -0.507 e. The van der Waals surface area contributed by atoms with Gasteiger partial charge in [-0.25, -0.2) is 4.39 Å². The van der Waals surface area contributed by atoms with Gasteiger partial charge in [0.05, 0.1) is 11.6 Å². The molecule has 1 aromatic heterocycles. The number of thioether (sulfide) groups is 1. The molecule has 0 saturated carbocycles. The van der Waals surface area contributed by atoms with E-state index in [0.29, 0.717) is 33.6 Å².